The molecule has 3 rings (SSSR count). The summed E-state index contributed by atoms with van der Waals surface area (Å²) in [5.41, 5.74) is 3.43. The van der Waals surface area contributed by atoms with Gasteiger partial charge in [0, 0.05) is 35.4 Å². The van der Waals surface area contributed by atoms with Crippen molar-refractivity contribution in [3.63, 3.8) is 0 Å². The second-order valence-electron chi connectivity index (χ2n) is 7.95. The fraction of sp³-hybridized carbons (Fsp3) is 0.417. The van der Waals surface area contributed by atoms with Gasteiger partial charge in [0.05, 0.1) is 25.3 Å². The Bertz CT molecular complexity index is 1050. The number of likely N-dealkylation sites (tertiary alicyclic amines) is 1. The molecule has 0 unspecified atom stereocenters. The smallest absolute Gasteiger partial charge is 0.331 e. The molecule has 1 aliphatic rings. The Labute approximate surface area is 198 Å². The van der Waals surface area contributed by atoms with Gasteiger partial charge in [-0.2, -0.15) is 5.10 Å². The van der Waals surface area contributed by atoms with Crippen LogP contribution in [0, 0.1) is 19.8 Å². The molecular formula is C24H28ClN3O5. The number of hydrogen-bond donors (Lipinski definition) is 0. The zero-order valence-corrected chi connectivity index (χ0v) is 19.8. The van der Waals surface area contributed by atoms with Crippen molar-refractivity contribution < 1.29 is 23.9 Å². The number of benzene rings is 1. The monoisotopic (exact) mass is 473 g/mol. The van der Waals surface area contributed by atoms with E-state index in [4.69, 9.17) is 21.1 Å². The summed E-state index contributed by atoms with van der Waals surface area (Å²) in [6, 6.07) is 7.58. The third kappa shape index (κ3) is 6.22. The van der Waals surface area contributed by atoms with Crippen molar-refractivity contribution >= 4 is 35.5 Å². The van der Waals surface area contributed by atoms with Crippen LogP contribution in [0.25, 0.3) is 6.08 Å². The number of carbonyl (C=O) groups excluding carboxylic acids is 3. The molecule has 33 heavy (non-hydrogen) atoms. The number of nitrogens with zero attached hydrogens (tertiary/aromatic N) is 3. The first-order valence-electron chi connectivity index (χ1n) is 10.8. The first-order valence-corrected chi connectivity index (χ1v) is 11.2. The Balaban J connectivity index is 1.52. The van der Waals surface area contributed by atoms with Crippen molar-refractivity contribution in [3.05, 3.63) is 57.9 Å². The van der Waals surface area contributed by atoms with Crippen molar-refractivity contribution in [1.29, 1.82) is 0 Å². The standard InChI is InChI=1S/C24H28ClN3O5/c1-16-20(17(2)28(26-16)14-19-6-4-5-7-21(19)25)8-9-23(30)33-15-22(29)27-12-10-18(11-13-27)24(31)32-3/h4-9,18H,10-15H2,1-3H3/b9-8+. The Kier molecular flexibility index (Phi) is 8.27. The van der Waals surface area contributed by atoms with Gasteiger partial charge >= 0.3 is 11.9 Å². The molecule has 2 aromatic rings. The van der Waals surface area contributed by atoms with Gasteiger partial charge in [0.25, 0.3) is 5.91 Å². The predicted octanol–water partition coefficient (Wildman–Crippen LogP) is 3.17. The van der Waals surface area contributed by atoms with Crippen molar-refractivity contribution in [1.82, 2.24) is 14.7 Å². The van der Waals surface area contributed by atoms with Crippen LogP contribution in [0.5, 0.6) is 0 Å². The first-order chi connectivity index (χ1) is 15.8. The molecule has 0 aliphatic carbocycles. The van der Waals surface area contributed by atoms with E-state index in [0.29, 0.717) is 37.5 Å². The number of halogens is 1. The molecule has 1 amide bonds. The third-order valence-corrected chi connectivity index (χ3v) is 6.19. The van der Waals surface area contributed by atoms with E-state index in [-0.39, 0.29) is 24.4 Å². The van der Waals surface area contributed by atoms with E-state index in [0.717, 1.165) is 22.5 Å². The Hall–Kier alpha value is -3.13. The van der Waals surface area contributed by atoms with Gasteiger partial charge in [0.2, 0.25) is 0 Å². The summed E-state index contributed by atoms with van der Waals surface area (Å²) < 4.78 is 11.7. The summed E-state index contributed by atoms with van der Waals surface area (Å²) >= 11 is 6.25. The Morgan fingerprint density at radius 2 is 1.88 bits per heavy atom. The number of carbonyl (C=O) groups is 3. The van der Waals surface area contributed by atoms with Gasteiger partial charge in [-0.25, -0.2) is 4.79 Å². The molecule has 1 aromatic heterocycles. The van der Waals surface area contributed by atoms with Gasteiger partial charge in [-0.05, 0) is 44.4 Å². The number of methoxy groups -OCH3 is 1. The maximum absolute atomic E-state index is 12.3. The average molecular weight is 474 g/mol. The lowest BCUT2D eigenvalue weighted by molar-refractivity contribution is -0.151. The number of aryl methyl sites for hydroxylation is 1. The molecule has 8 nitrogen and oxygen atoms in total. The van der Waals surface area contributed by atoms with Crippen LogP contribution in [-0.2, 0) is 30.4 Å². The number of piperidine rings is 1. The Morgan fingerprint density at radius 3 is 2.55 bits per heavy atom. The lowest BCUT2D eigenvalue weighted by atomic mass is 9.97. The fourth-order valence-corrected chi connectivity index (χ4v) is 4.04. The number of esters is 2. The largest absolute Gasteiger partial charge is 0.469 e. The molecule has 176 valence electrons. The second kappa shape index (κ2) is 11.1. The molecule has 0 N–H and O–H groups in total. The predicted molar refractivity (Wildman–Crippen MR) is 124 cm³/mol. The van der Waals surface area contributed by atoms with Gasteiger partial charge in [0.15, 0.2) is 6.61 Å². The molecule has 0 spiro atoms. The van der Waals surface area contributed by atoms with E-state index >= 15 is 0 Å². The summed E-state index contributed by atoms with van der Waals surface area (Å²) in [5, 5.41) is 5.22. The van der Waals surface area contributed by atoms with Crippen LogP contribution in [0.2, 0.25) is 5.02 Å². The number of ether oxygens (including phenoxy) is 2. The molecule has 9 heteroatoms. The molecule has 0 atom stereocenters. The van der Waals surface area contributed by atoms with E-state index in [9.17, 15) is 14.4 Å². The normalized spacial score (nSPS) is 14.5. The minimum atomic E-state index is -0.606. The molecule has 0 bridgehead atoms. The summed E-state index contributed by atoms with van der Waals surface area (Å²) in [5.74, 6) is -1.32. The lowest BCUT2D eigenvalue weighted by Gasteiger charge is -2.30. The third-order valence-electron chi connectivity index (χ3n) is 5.82. The highest BCUT2D eigenvalue weighted by molar-refractivity contribution is 6.31. The van der Waals surface area contributed by atoms with Gasteiger partial charge in [-0.3, -0.25) is 14.3 Å². The molecule has 1 aromatic carbocycles. The van der Waals surface area contributed by atoms with Crippen LogP contribution in [0.15, 0.2) is 30.3 Å². The number of hydrogen-bond acceptors (Lipinski definition) is 6. The quantitative estimate of drug-likeness (QED) is 0.453. The van der Waals surface area contributed by atoms with Crippen LogP contribution in [0.1, 0.15) is 35.4 Å². The SMILES string of the molecule is COC(=O)C1CCN(C(=O)COC(=O)/C=C/c2c(C)nn(Cc3ccccc3Cl)c2C)CC1. The Morgan fingerprint density at radius 1 is 1.18 bits per heavy atom. The van der Waals surface area contributed by atoms with Crippen molar-refractivity contribution in [2.45, 2.75) is 33.2 Å². The molecular weight excluding hydrogens is 446 g/mol. The van der Waals surface area contributed by atoms with Crippen molar-refractivity contribution in [3.8, 4) is 0 Å². The zero-order chi connectivity index (χ0) is 24.0. The second-order valence-corrected chi connectivity index (χ2v) is 8.36. The molecule has 1 saturated heterocycles. The minimum absolute atomic E-state index is 0.185. The molecule has 1 fully saturated rings. The zero-order valence-electron chi connectivity index (χ0n) is 19.0. The highest BCUT2D eigenvalue weighted by Gasteiger charge is 2.28. The van der Waals surface area contributed by atoms with E-state index in [2.05, 4.69) is 5.10 Å². The first kappa shape index (κ1) is 24.5. The summed E-state index contributed by atoms with van der Waals surface area (Å²) in [6.45, 7) is 4.84. The summed E-state index contributed by atoms with van der Waals surface area (Å²) in [7, 11) is 1.36. The fourth-order valence-electron chi connectivity index (χ4n) is 3.85. The number of aromatic nitrogens is 2. The molecule has 1 aliphatic heterocycles. The average Bonchev–Trinajstić information content (AvgIpc) is 3.09. The van der Waals surface area contributed by atoms with Gasteiger partial charge in [-0.15, -0.1) is 0 Å². The summed E-state index contributed by atoms with van der Waals surface area (Å²) in [6.07, 6.45) is 4.04. The van der Waals surface area contributed by atoms with Crippen LogP contribution in [0.4, 0.5) is 0 Å². The van der Waals surface area contributed by atoms with Crippen molar-refractivity contribution in [2.24, 2.45) is 5.92 Å². The highest BCUT2D eigenvalue weighted by atomic mass is 35.5. The summed E-state index contributed by atoms with van der Waals surface area (Å²) in [4.78, 5) is 37.7. The van der Waals surface area contributed by atoms with E-state index in [1.807, 2.05) is 42.8 Å². The van der Waals surface area contributed by atoms with Crippen LogP contribution in [0.3, 0.4) is 0 Å². The van der Waals surface area contributed by atoms with E-state index < -0.39 is 5.97 Å². The van der Waals surface area contributed by atoms with Crippen molar-refractivity contribution in [2.75, 3.05) is 26.8 Å². The van der Waals surface area contributed by atoms with E-state index in [1.54, 1.807) is 11.0 Å². The van der Waals surface area contributed by atoms with Gasteiger partial charge in [-0.1, -0.05) is 29.8 Å². The number of rotatable bonds is 7. The van der Waals surface area contributed by atoms with Gasteiger partial charge < -0.3 is 14.4 Å². The lowest BCUT2D eigenvalue weighted by Crippen LogP contribution is -2.42. The topological polar surface area (TPSA) is 90.7 Å². The van der Waals surface area contributed by atoms with Crippen LogP contribution in [-0.4, -0.2) is 59.3 Å². The number of amides is 1. The minimum Gasteiger partial charge on any atom is -0.469 e. The molecule has 2 heterocycles. The highest BCUT2D eigenvalue weighted by Crippen LogP contribution is 2.21. The van der Waals surface area contributed by atoms with E-state index in [1.165, 1.54) is 13.2 Å². The molecule has 0 saturated carbocycles. The van der Waals surface area contributed by atoms with Crippen LogP contribution >= 0.6 is 11.6 Å². The van der Waals surface area contributed by atoms with Crippen LogP contribution < -0.4 is 0 Å². The maximum atomic E-state index is 12.3. The molecule has 0 radical (unpaired) electrons. The maximum Gasteiger partial charge on any atom is 0.331 e. The van der Waals surface area contributed by atoms with Gasteiger partial charge in [0.1, 0.15) is 0 Å².